The second-order valence-electron chi connectivity index (χ2n) is 5.23. The van der Waals surface area contributed by atoms with E-state index in [1.807, 2.05) is 0 Å². The van der Waals surface area contributed by atoms with Crippen LogP contribution in [0.1, 0.15) is 52.1 Å². The minimum absolute atomic E-state index is 0.379. The molecule has 108 valence electrons. The standard InChI is InChI=1S/C16H27BrN2/c1-6-8-12(3)19(5)16-11-14(17)9-10-15(16)13(4)18-7-2/h9-13,18H,6-8H2,1-5H3. The van der Waals surface area contributed by atoms with Crippen molar-refractivity contribution in [3.8, 4) is 0 Å². The first-order valence-corrected chi connectivity index (χ1v) is 8.06. The van der Waals surface area contributed by atoms with Crippen LogP contribution in [0.25, 0.3) is 0 Å². The number of benzene rings is 1. The van der Waals surface area contributed by atoms with Crippen molar-refractivity contribution in [2.45, 2.75) is 52.6 Å². The summed E-state index contributed by atoms with van der Waals surface area (Å²) in [6.07, 6.45) is 2.44. The van der Waals surface area contributed by atoms with Gasteiger partial charge in [-0.2, -0.15) is 0 Å². The van der Waals surface area contributed by atoms with E-state index < -0.39 is 0 Å². The molecular formula is C16H27BrN2. The molecule has 1 aromatic rings. The topological polar surface area (TPSA) is 15.3 Å². The summed E-state index contributed by atoms with van der Waals surface area (Å²) in [5, 5.41) is 3.51. The lowest BCUT2D eigenvalue weighted by atomic mass is 10.0. The van der Waals surface area contributed by atoms with Crippen molar-refractivity contribution in [2.24, 2.45) is 0 Å². The smallest absolute Gasteiger partial charge is 0.0425 e. The van der Waals surface area contributed by atoms with Crippen molar-refractivity contribution >= 4 is 21.6 Å². The third kappa shape index (κ3) is 4.50. The molecule has 1 rings (SSSR count). The van der Waals surface area contributed by atoms with Crippen LogP contribution in [0.15, 0.2) is 22.7 Å². The van der Waals surface area contributed by atoms with Gasteiger partial charge in [0, 0.05) is 29.3 Å². The molecule has 2 unspecified atom stereocenters. The molecule has 0 aromatic heterocycles. The Balaban J connectivity index is 3.05. The molecule has 1 aromatic carbocycles. The number of rotatable bonds is 7. The quantitative estimate of drug-likeness (QED) is 0.778. The summed E-state index contributed by atoms with van der Waals surface area (Å²) in [5.74, 6) is 0. The van der Waals surface area contributed by atoms with Crippen LogP contribution in [0.2, 0.25) is 0 Å². The van der Waals surface area contributed by atoms with Crippen molar-refractivity contribution in [3.63, 3.8) is 0 Å². The van der Waals surface area contributed by atoms with Gasteiger partial charge in [0.25, 0.3) is 0 Å². The molecule has 0 fully saturated rings. The zero-order chi connectivity index (χ0) is 14.4. The van der Waals surface area contributed by atoms with Gasteiger partial charge < -0.3 is 10.2 Å². The maximum Gasteiger partial charge on any atom is 0.0425 e. The highest BCUT2D eigenvalue weighted by molar-refractivity contribution is 9.10. The molecule has 19 heavy (non-hydrogen) atoms. The van der Waals surface area contributed by atoms with Gasteiger partial charge in [0.2, 0.25) is 0 Å². The summed E-state index contributed by atoms with van der Waals surface area (Å²) in [6, 6.07) is 7.53. The largest absolute Gasteiger partial charge is 0.372 e. The highest BCUT2D eigenvalue weighted by Crippen LogP contribution is 2.30. The number of hydrogen-bond donors (Lipinski definition) is 1. The molecule has 0 radical (unpaired) electrons. The van der Waals surface area contributed by atoms with Crippen LogP contribution in [0, 0.1) is 0 Å². The summed E-state index contributed by atoms with van der Waals surface area (Å²) in [4.78, 5) is 2.40. The highest BCUT2D eigenvalue weighted by atomic mass is 79.9. The molecule has 0 spiro atoms. The van der Waals surface area contributed by atoms with E-state index in [2.05, 4.69) is 79.1 Å². The van der Waals surface area contributed by atoms with Crippen LogP contribution in [-0.4, -0.2) is 19.6 Å². The number of nitrogens with one attached hydrogen (secondary N) is 1. The molecule has 1 N–H and O–H groups in total. The van der Waals surface area contributed by atoms with Gasteiger partial charge in [0.05, 0.1) is 0 Å². The second-order valence-corrected chi connectivity index (χ2v) is 6.15. The fraction of sp³-hybridized carbons (Fsp3) is 0.625. The van der Waals surface area contributed by atoms with E-state index in [-0.39, 0.29) is 0 Å². The fourth-order valence-corrected chi connectivity index (χ4v) is 2.80. The third-order valence-corrected chi connectivity index (χ3v) is 4.21. The summed E-state index contributed by atoms with van der Waals surface area (Å²) in [5.41, 5.74) is 2.69. The Kier molecular flexibility index (Phi) is 6.87. The third-order valence-electron chi connectivity index (χ3n) is 3.72. The van der Waals surface area contributed by atoms with Gasteiger partial charge in [-0.25, -0.2) is 0 Å². The van der Waals surface area contributed by atoms with E-state index in [9.17, 15) is 0 Å². The Hall–Kier alpha value is -0.540. The lowest BCUT2D eigenvalue weighted by molar-refractivity contribution is 0.583. The fourth-order valence-electron chi connectivity index (χ4n) is 2.45. The molecule has 0 aliphatic carbocycles. The highest BCUT2D eigenvalue weighted by Gasteiger charge is 2.16. The van der Waals surface area contributed by atoms with Crippen LogP contribution >= 0.6 is 15.9 Å². The van der Waals surface area contributed by atoms with Gasteiger partial charge in [-0.15, -0.1) is 0 Å². The normalized spacial score (nSPS) is 14.2. The zero-order valence-corrected chi connectivity index (χ0v) is 14.4. The molecule has 0 aliphatic heterocycles. The summed E-state index contributed by atoms with van der Waals surface area (Å²) >= 11 is 3.59. The number of hydrogen-bond acceptors (Lipinski definition) is 2. The van der Waals surface area contributed by atoms with Gasteiger partial charge >= 0.3 is 0 Å². The first kappa shape index (κ1) is 16.5. The lowest BCUT2D eigenvalue weighted by Crippen LogP contribution is -2.31. The van der Waals surface area contributed by atoms with E-state index in [4.69, 9.17) is 0 Å². The summed E-state index contributed by atoms with van der Waals surface area (Å²) in [7, 11) is 2.20. The molecule has 3 heteroatoms. The molecule has 0 bridgehead atoms. The Morgan fingerprint density at radius 2 is 1.95 bits per heavy atom. The van der Waals surface area contributed by atoms with E-state index in [1.54, 1.807) is 0 Å². The van der Waals surface area contributed by atoms with Crippen LogP contribution in [0.3, 0.4) is 0 Å². The van der Waals surface area contributed by atoms with Gasteiger partial charge in [-0.05, 0) is 44.5 Å². The molecule has 0 heterocycles. The predicted molar refractivity (Wildman–Crippen MR) is 89.0 cm³/mol. The summed E-state index contributed by atoms with van der Waals surface area (Å²) < 4.78 is 1.14. The van der Waals surface area contributed by atoms with E-state index in [0.717, 1.165) is 11.0 Å². The minimum Gasteiger partial charge on any atom is -0.372 e. The SMILES string of the molecule is CCCC(C)N(C)c1cc(Br)ccc1C(C)NCC. The summed E-state index contributed by atoms with van der Waals surface area (Å²) in [6.45, 7) is 9.91. The van der Waals surface area contributed by atoms with Crippen molar-refractivity contribution < 1.29 is 0 Å². The Labute approximate surface area is 126 Å². The van der Waals surface area contributed by atoms with Crippen LogP contribution in [0.4, 0.5) is 5.69 Å². The average molecular weight is 327 g/mol. The van der Waals surface area contributed by atoms with Crippen molar-refractivity contribution in [2.75, 3.05) is 18.5 Å². The van der Waals surface area contributed by atoms with Crippen molar-refractivity contribution in [3.05, 3.63) is 28.2 Å². The van der Waals surface area contributed by atoms with Crippen molar-refractivity contribution in [1.29, 1.82) is 0 Å². The monoisotopic (exact) mass is 326 g/mol. The Morgan fingerprint density at radius 1 is 1.26 bits per heavy atom. The molecule has 2 atom stereocenters. The number of halogens is 1. The average Bonchev–Trinajstić information content (AvgIpc) is 2.38. The van der Waals surface area contributed by atoms with E-state index in [1.165, 1.54) is 24.1 Å². The Morgan fingerprint density at radius 3 is 2.53 bits per heavy atom. The Bertz CT molecular complexity index is 392. The maximum absolute atomic E-state index is 3.59. The molecule has 0 amide bonds. The van der Waals surface area contributed by atoms with Crippen LogP contribution < -0.4 is 10.2 Å². The first-order valence-electron chi connectivity index (χ1n) is 7.26. The van der Waals surface area contributed by atoms with Gasteiger partial charge in [0.15, 0.2) is 0 Å². The second kappa shape index (κ2) is 7.91. The molecular weight excluding hydrogens is 300 g/mol. The molecule has 0 saturated heterocycles. The predicted octanol–water partition coefficient (Wildman–Crippen LogP) is 4.74. The molecule has 0 aliphatic rings. The molecule has 0 saturated carbocycles. The van der Waals surface area contributed by atoms with Crippen molar-refractivity contribution in [1.82, 2.24) is 5.32 Å². The van der Waals surface area contributed by atoms with Gasteiger partial charge in [-0.1, -0.05) is 42.3 Å². The van der Waals surface area contributed by atoms with Gasteiger partial charge in [-0.3, -0.25) is 0 Å². The van der Waals surface area contributed by atoms with Crippen LogP contribution in [0.5, 0.6) is 0 Å². The minimum atomic E-state index is 0.379. The van der Waals surface area contributed by atoms with Gasteiger partial charge in [0.1, 0.15) is 0 Å². The van der Waals surface area contributed by atoms with E-state index >= 15 is 0 Å². The number of anilines is 1. The van der Waals surface area contributed by atoms with Crippen LogP contribution in [-0.2, 0) is 0 Å². The zero-order valence-electron chi connectivity index (χ0n) is 12.8. The first-order chi connectivity index (χ1) is 9.01. The number of nitrogens with zero attached hydrogens (tertiary/aromatic N) is 1. The molecule has 2 nitrogen and oxygen atoms in total. The van der Waals surface area contributed by atoms with E-state index in [0.29, 0.717) is 12.1 Å². The lowest BCUT2D eigenvalue weighted by Gasteiger charge is -2.31. The maximum atomic E-state index is 3.59.